The van der Waals surface area contributed by atoms with E-state index in [1.165, 1.54) is 6.42 Å². The molecule has 4 heteroatoms. The third kappa shape index (κ3) is 2.73. The van der Waals surface area contributed by atoms with Crippen molar-refractivity contribution in [3.63, 3.8) is 0 Å². The van der Waals surface area contributed by atoms with Crippen LogP contribution in [0.3, 0.4) is 0 Å². The fourth-order valence-corrected chi connectivity index (χ4v) is 2.17. The molecule has 3 nitrogen and oxygen atoms in total. The van der Waals surface area contributed by atoms with Crippen LogP contribution in [0.1, 0.15) is 40.0 Å². The summed E-state index contributed by atoms with van der Waals surface area (Å²) in [5.41, 5.74) is 4.93. The quantitative estimate of drug-likeness (QED) is 0.769. The van der Waals surface area contributed by atoms with Gasteiger partial charge in [-0.25, -0.2) is 0 Å². The lowest BCUT2D eigenvalue weighted by Gasteiger charge is -2.37. The maximum atomic E-state index is 12.3. The normalized spacial score (nSPS) is 21.9. The fourth-order valence-electron chi connectivity index (χ4n) is 2.08. The molecule has 1 unspecified atom stereocenters. The van der Waals surface area contributed by atoms with Gasteiger partial charge in [0.25, 0.3) is 0 Å². The highest BCUT2D eigenvalue weighted by Gasteiger charge is 2.36. The Morgan fingerprint density at radius 2 is 2.19 bits per heavy atom. The molecule has 16 heavy (non-hydrogen) atoms. The highest BCUT2D eigenvalue weighted by molar-refractivity contribution is 7.80. The van der Waals surface area contributed by atoms with Gasteiger partial charge in [-0.3, -0.25) is 4.79 Å². The van der Waals surface area contributed by atoms with Gasteiger partial charge in [-0.1, -0.05) is 25.6 Å². The third-order valence-electron chi connectivity index (χ3n) is 3.53. The Balaban J connectivity index is 2.70. The van der Waals surface area contributed by atoms with E-state index >= 15 is 0 Å². The van der Waals surface area contributed by atoms with Crippen LogP contribution >= 0.6 is 12.2 Å². The summed E-state index contributed by atoms with van der Waals surface area (Å²) in [5.74, 6) is 0.720. The molecule has 1 aliphatic rings. The lowest BCUT2D eigenvalue weighted by Crippen LogP contribution is -2.50. The monoisotopic (exact) mass is 242 g/mol. The Labute approximate surface area is 103 Å². The Morgan fingerprint density at radius 1 is 1.56 bits per heavy atom. The molecular weight excluding hydrogens is 220 g/mol. The predicted molar refractivity (Wildman–Crippen MR) is 70.2 cm³/mol. The molecule has 1 amide bonds. The van der Waals surface area contributed by atoms with Crippen molar-refractivity contribution < 1.29 is 4.79 Å². The molecule has 0 aromatic carbocycles. The van der Waals surface area contributed by atoms with Crippen LogP contribution in [0.25, 0.3) is 0 Å². The van der Waals surface area contributed by atoms with E-state index < -0.39 is 5.41 Å². The Kier molecular flexibility index (Phi) is 4.30. The third-order valence-corrected chi connectivity index (χ3v) is 4.04. The SMILES string of the molecule is CCC1CCCN(C(=O)C(C)(C)C(N)=S)C1. The highest BCUT2D eigenvalue weighted by atomic mass is 32.1. The smallest absolute Gasteiger partial charge is 0.235 e. The maximum Gasteiger partial charge on any atom is 0.235 e. The number of piperidine rings is 1. The zero-order valence-corrected chi connectivity index (χ0v) is 11.3. The van der Waals surface area contributed by atoms with Crippen LogP contribution in [0.5, 0.6) is 0 Å². The molecule has 0 radical (unpaired) electrons. The molecule has 0 aromatic rings. The van der Waals surface area contributed by atoms with Gasteiger partial charge in [-0.15, -0.1) is 0 Å². The highest BCUT2D eigenvalue weighted by Crippen LogP contribution is 2.25. The zero-order chi connectivity index (χ0) is 12.3. The first-order valence-corrected chi connectivity index (χ1v) is 6.39. The van der Waals surface area contributed by atoms with E-state index in [9.17, 15) is 4.79 Å². The van der Waals surface area contributed by atoms with E-state index in [0.717, 1.165) is 25.9 Å². The average molecular weight is 242 g/mol. The first kappa shape index (κ1) is 13.4. The van der Waals surface area contributed by atoms with Crippen LogP contribution in [-0.4, -0.2) is 28.9 Å². The van der Waals surface area contributed by atoms with Crippen molar-refractivity contribution in [2.45, 2.75) is 40.0 Å². The molecule has 0 aliphatic carbocycles. The van der Waals surface area contributed by atoms with Gasteiger partial charge >= 0.3 is 0 Å². The summed E-state index contributed by atoms with van der Waals surface area (Å²) in [7, 11) is 0. The largest absolute Gasteiger partial charge is 0.392 e. The molecule has 0 spiro atoms. The lowest BCUT2D eigenvalue weighted by atomic mass is 9.88. The van der Waals surface area contributed by atoms with Crippen LogP contribution in [0.4, 0.5) is 0 Å². The fraction of sp³-hybridized carbons (Fsp3) is 0.833. The van der Waals surface area contributed by atoms with Crippen LogP contribution < -0.4 is 5.73 Å². The number of nitrogens with two attached hydrogens (primary N) is 1. The molecule has 0 bridgehead atoms. The van der Waals surface area contributed by atoms with Crippen LogP contribution in [0, 0.1) is 11.3 Å². The van der Waals surface area contributed by atoms with Crippen molar-refractivity contribution in [2.75, 3.05) is 13.1 Å². The van der Waals surface area contributed by atoms with Gasteiger partial charge in [0.15, 0.2) is 0 Å². The van der Waals surface area contributed by atoms with Gasteiger partial charge in [0.1, 0.15) is 0 Å². The van der Waals surface area contributed by atoms with E-state index in [1.807, 2.05) is 18.7 Å². The maximum absolute atomic E-state index is 12.3. The predicted octanol–water partition coefficient (Wildman–Crippen LogP) is 1.95. The summed E-state index contributed by atoms with van der Waals surface area (Å²) < 4.78 is 0. The van der Waals surface area contributed by atoms with Crippen molar-refractivity contribution in [1.82, 2.24) is 4.90 Å². The summed E-state index contributed by atoms with van der Waals surface area (Å²) in [6.45, 7) is 7.51. The molecule has 1 heterocycles. The molecule has 0 aromatic heterocycles. The second-order valence-corrected chi connectivity index (χ2v) is 5.60. The summed E-state index contributed by atoms with van der Waals surface area (Å²) in [6.07, 6.45) is 3.46. The van der Waals surface area contributed by atoms with Gasteiger partial charge in [0, 0.05) is 13.1 Å². The molecule has 2 N–H and O–H groups in total. The first-order chi connectivity index (χ1) is 7.39. The summed E-state index contributed by atoms with van der Waals surface area (Å²) in [4.78, 5) is 14.5. The number of hydrogen-bond acceptors (Lipinski definition) is 2. The number of carbonyl (C=O) groups excluding carboxylic acids is 1. The van der Waals surface area contributed by atoms with E-state index in [0.29, 0.717) is 5.92 Å². The molecule has 1 rings (SSSR count). The van der Waals surface area contributed by atoms with Gasteiger partial charge in [0.2, 0.25) is 5.91 Å². The second-order valence-electron chi connectivity index (χ2n) is 5.16. The summed E-state index contributed by atoms with van der Waals surface area (Å²) in [5, 5.41) is 0. The second kappa shape index (κ2) is 5.13. The molecule has 1 aliphatic heterocycles. The first-order valence-electron chi connectivity index (χ1n) is 5.98. The number of carbonyl (C=O) groups is 1. The number of amides is 1. The van der Waals surface area contributed by atoms with Gasteiger partial charge in [0.05, 0.1) is 10.4 Å². The minimum absolute atomic E-state index is 0.0816. The van der Waals surface area contributed by atoms with Crippen LogP contribution in [-0.2, 0) is 4.79 Å². The van der Waals surface area contributed by atoms with E-state index in [1.54, 1.807) is 0 Å². The standard InChI is InChI=1S/C12H22N2OS/c1-4-9-6-5-7-14(8-9)11(15)12(2,3)10(13)16/h9H,4-8H2,1-3H3,(H2,13,16). The minimum atomic E-state index is -0.703. The molecule has 1 fully saturated rings. The molecular formula is C12H22N2OS. The number of thiocarbonyl (C=S) groups is 1. The minimum Gasteiger partial charge on any atom is -0.392 e. The van der Waals surface area contributed by atoms with Gasteiger partial charge in [-0.05, 0) is 32.6 Å². The van der Waals surface area contributed by atoms with Crippen molar-refractivity contribution in [2.24, 2.45) is 17.1 Å². The van der Waals surface area contributed by atoms with Gasteiger partial charge < -0.3 is 10.6 Å². The van der Waals surface area contributed by atoms with Crippen molar-refractivity contribution in [3.8, 4) is 0 Å². The van der Waals surface area contributed by atoms with Crippen molar-refractivity contribution in [1.29, 1.82) is 0 Å². The topological polar surface area (TPSA) is 46.3 Å². The molecule has 1 saturated heterocycles. The Bertz CT molecular complexity index is 289. The number of hydrogen-bond donors (Lipinski definition) is 1. The Morgan fingerprint density at radius 3 is 2.69 bits per heavy atom. The zero-order valence-electron chi connectivity index (χ0n) is 10.5. The van der Waals surface area contributed by atoms with Gasteiger partial charge in [-0.2, -0.15) is 0 Å². The van der Waals surface area contributed by atoms with E-state index in [2.05, 4.69) is 6.92 Å². The van der Waals surface area contributed by atoms with E-state index in [-0.39, 0.29) is 10.9 Å². The van der Waals surface area contributed by atoms with Crippen molar-refractivity contribution in [3.05, 3.63) is 0 Å². The Hall–Kier alpha value is -0.640. The van der Waals surface area contributed by atoms with E-state index in [4.69, 9.17) is 18.0 Å². The van der Waals surface area contributed by atoms with Crippen LogP contribution in [0.15, 0.2) is 0 Å². The molecule has 92 valence electrons. The molecule has 0 saturated carbocycles. The number of rotatable bonds is 3. The average Bonchev–Trinajstić information content (AvgIpc) is 2.27. The van der Waals surface area contributed by atoms with Crippen LogP contribution in [0.2, 0.25) is 0 Å². The number of likely N-dealkylation sites (tertiary alicyclic amines) is 1. The summed E-state index contributed by atoms with van der Waals surface area (Å²) in [6, 6.07) is 0. The lowest BCUT2D eigenvalue weighted by molar-refractivity contribution is -0.138. The number of nitrogens with zero attached hydrogens (tertiary/aromatic N) is 1. The van der Waals surface area contributed by atoms with Crippen molar-refractivity contribution >= 4 is 23.1 Å². The molecule has 1 atom stereocenters. The summed E-state index contributed by atoms with van der Waals surface area (Å²) >= 11 is 4.97.